The first-order valence-electron chi connectivity index (χ1n) is 8.32. The number of hydrogen-bond acceptors (Lipinski definition) is 2. The number of halogens is 1. The Hall–Kier alpha value is -0.930. The van der Waals surface area contributed by atoms with Crippen LogP contribution in [0.1, 0.15) is 43.7 Å². The number of nitrogens with zero attached hydrogens (tertiary/aromatic N) is 1. The Bertz CT molecular complexity index is 494. The molecule has 1 aliphatic carbocycles. The molecular weight excluding hydrogens is 263 g/mol. The lowest BCUT2D eigenvalue weighted by Gasteiger charge is -2.45. The van der Waals surface area contributed by atoms with Gasteiger partial charge in [-0.3, -0.25) is 4.90 Å². The Kier molecular flexibility index (Phi) is 4.32. The molecule has 2 nitrogen and oxygen atoms in total. The first-order chi connectivity index (χ1) is 10.1. The van der Waals surface area contributed by atoms with Gasteiger partial charge in [-0.05, 0) is 56.4 Å². The van der Waals surface area contributed by atoms with Gasteiger partial charge in [0.05, 0.1) is 0 Å². The Morgan fingerprint density at radius 1 is 1.33 bits per heavy atom. The van der Waals surface area contributed by atoms with E-state index >= 15 is 0 Å². The van der Waals surface area contributed by atoms with E-state index in [0.29, 0.717) is 11.6 Å². The normalized spacial score (nSPS) is 25.6. The van der Waals surface area contributed by atoms with E-state index in [9.17, 15) is 4.39 Å². The molecule has 21 heavy (non-hydrogen) atoms. The summed E-state index contributed by atoms with van der Waals surface area (Å²) in [5, 5.41) is 3.80. The minimum atomic E-state index is -0.128. The van der Waals surface area contributed by atoms with Crippen molar-refractivity contribution in [2.45, 2.75) is 57.5 Å². The largest absolute Gasteiger partial charge is 0.308 e. The molecule has 0 bridgehead atoms. The fourth-order valence-electron chi connectivity index (χ4n) is 3.98. The van der Waals surface area contributed by atoms with Crippen molar-refractivity contribution in [2.24, 2.45) is 0 Å². The summed E-state index contributed by atoms with van der Waals surface area (Å²) >= 11 is 0. The molecule has 1 atom stereocenters. The molecular formula is C18H27FN2. The minimum Gasteiger partial charge on any atom is -0.308 e. The summed E-state index contributed by atoms with van der Waals surface area (Å²) in [7, 11) is 0. The van der Waals surface area contributed by atoms with E-state index in [2.05, 4.69) is 17.1 Å². The number of hydrogen-bond donors (Lipinski definition) is 1. The van der Waals surface area contributed by atoms with Gasteiger partial charge < -0.3 is 5.32 Å². The fourth-order valence-corrected chi connectivity index (χ4v) is 3.98. The van der Waals surface area contributed by atoms with Crippen LogP contribution in [0.15, 0.2) is 18.2 Å². The van der Waals surface area contributed by atoms with Gasteiger partial charge in [-0.1, -0.05) is 18.9 Å². The predicted octanol–water partition coefficient (Wildman–Crippen LogP) is 3.28. The molecule has 2 fully saturated rings. The van der Waals surface area contributed by atoms with Crippen molar-refractivity contribution in [3.05, 3.63) is 35.1 Å². The Labute approximate surface area is 127 Å². The SMILES string of the molecule is Cc1cc(F)ccc1CCN1CC2(CCCC2)NCC1C. The standard InChI is InChI=1S/C18H27FN2/c1-14-11-17(19)6-5-16(14)7-10-21-13-18(8-3-4-9-18)20-12-15(21)2/h5-6,11,15,20H,3-4,7-10,12-13H2,1-2H3. The number of benzene rings is 1. The van der Waals surface area contributed by atoms with Crippen LogP contribution in [0.4, 0.5) is 4.39 Å². The third kappa shape index (κ3) is 3.29. The van der Waals surface area contributed by atoms with Gasteiger partial charge >= 0.3 is 0 Å². The zero-order chi connectivity index (χ0) is 14.9. The first-order valence-corrected chi connectivity index (χ1v) is 8.32. The lowest BCUT2D eigenvalue weighted by Crippen LogP contribution is -2.62. The van der Waals surface area contributed by atoms with Crippen LogP contribution in [0.3, 0.4) is 0 Å². The van der Waals surface area contributed by atoms with Crippen LogP contribution >= 0.6 is 0 Å². The molecule has 0 amide bonds. The lowest BCUT2D eigenvalue weighted by molar-refractivity contribution is 0.0903. The summed E-state index contributed by atoms with van der Waals surface area (Å²) in [4.78, 5) is 2.63. The highest BCUT2D eigenvalue weighted by atomic mass is 19.1. The van der Waals surface area contributed by atoms with Crippen molar-refractivity contribution in [3.8, 4) is 0 Å². The molecule has 1 aromatic rings. The van der Waals surface area contributed by atoms with Gasteiger partial charge in [-0.15, -0.1) is 0 Å². The maximum atomic E-state index is 13.2. The van der Waals surface area contributed by atoms with Gasteiger partial charge in [-0.2, -0.15) is 0 Å². The van der Waals surface area contributed by atoms with Crippen LogP contribution < -0.4 is 5.32 Å². The maximum absolute atomic E-state index is 13.2. The summed E-state index contributed by atoms with van der Waals surface area (Å²) in [6.07, 6.45) is 6.41. The molecule has 1 N–H and O–H groups in total. The van der Waals surface area contributed by atoms with Crippen LogP contribution in [0.25, 0.3) is 0 Å². The molecule has 1 aromatic carbocycles. The van der Waals surface area contributed by atoms with Crippen molar-refractivity contribution < 1.29 is 4.39 Å². The maximum Gasteiger partial charge on any atom is 0.123 e. The lowest BCUT2D eigenvalue weighted by atomic mass is 9.92. The molecule has 0 radical (unpaired) electrons. The second-order valence-electron chi connectivity index (χ2n) is 7.01. The van der Waals surface area contributed by atoms with Crippen LogP contribution in [0, 0.1) is 12.7 Å². The van der Waals surface area contributed by atoms with Crippen molar-refractivity contribution >= 4 is 0 Å². The van der Waals surface area contributed by atoms with E-state index in [1.54, 1.807) is 12.1 Å². The van der Waals surface area contributed by atoms with Gasteiger partial charge in [0.2, 0.25) is 0 Å². The van der Waals surface area contributed by atoms with Crippen LogP contribution in [-0.2, 0) is 6.42 Å². The molecule has 1 saturated heterocycles. The predicted molar refractivity (Wildman–Crippen MR) is 85.1 cm³/mol. The second kappa shape index (κ2) is 6.05. The zero-order valence-electron chi connectivity index (χ0n) is 13.3. The van der Waals surface area contributed by atoms with E-state index in [4.69, 9.17) is 0 Å². The molecule has 1 spiro atoms. The Morgan fingerprint density at radius 2 is 2.10 bits per heavy atom. The average Bonchev–Trinajstić information content (AvgIpc) is 2.90. The molecule has 3 heteroatoms. The van der Waals surface area contributed by atoms with Crippen molar-refractivity contribution in [1.29, 1.82) is 0 Å². The van der Waals surface area contributed by atoms with Crippen LogP contribution in [0.5, 0.6) is 0 Å². The summed E-state index contributed by atoms with van der Waals surface area (Å²) in [5.41, 5.74) is 2.74. The number of piperazine rings is 1. The Morgan fingerprint density at radius 3 is 2.81 bits per heavy atom. The topological polar surface area (TPSA) is 15.3 Å². The molecule has 1 aliphatic heterocycles. The summed E-state index contributed by atoms with van der Waals surface area (Å²) in [6.45, 7) is 7.68. The molecule has 0 aromatic heterocycles. The first kappa shape index (κ1) is 15.0. The van der Waals surface area contributed by atoms with E-state index in [1.165, 1.54) is 37.8 Å². The van der Waals surface area contributed by atoms with Crippen LogP contribution in [-0.4, -0.2) is 36.1 Å². The molecule has 1 unspecified atom stereocenters. The number of nitrogens with one attached hydrogen (secondary N) is 1. The van der Waals surface area contributed by atoms with Crippen molar-refractivity contribution in [1.82, 2.24) is 10.2 Å². The highest BCUT2D eigenvalue weighted by Gasteiger charge is 2.39. The van der Waals surface area contributed by atoms with Gasteiger partial charge in [0, 0.05) is 31.2 Å². The average molecular weight is 290 g/mol. The zero-order valence-corrected chi connectivity index (χ0v) is 13.3. The van der Waals surface area contributed by atoms with Crippen molar-refractivity contribution in [3.63, 3.8) is 0 Å². The molecule has 1 saturated carbocycles. The minimum absolute atomic E-state index is 0.128. The highest BCUT2D eigenvalue weighted by Crippen LogP contribution is 2.33. The smallest absolute Gasteiger partial charge is 0.123 e. The van der Waals surface area contributed by atoms with E-state index < -0.39 is 0 Å². The van der Waals surface area contributed by atoms with Crippen LogP contribution in [0.2, 0.25) is 0 Å². The molecule has 3 rings (SSSR count). The molecule has 116 valence electrons. The highest BCUT2D eigenvalue weighted by molar-refractivity contribution is 5.26. The third-order valence-electron chi connectivity index (χ3n) is 5.44. The van der Waals surface area contributed by atoms with E-state index in [0.717, 1.165) is 25.1 Å². The van der Waals surface area contributed by atoms with Gasteiger partial charge in [0.1, 0.15) is 5.82 Å². The summed E-state index contributed by atoms with van der Waals surface area (Å²) < 4.78 is 13.2. The Balaban J connectivity index is 1.63. The monoisotopic (exact) mass is 290 g/mol. The van der Waals surface area contributed by atoms with E-state index in [-0.39, 0.29) is 5.82 Å². The van der Waals surface area contributed by atoms with Gasteiger partial charge in [0.25, 0.3) is 0 Å². The summed E-state index contributed by atoms with van der Waals surface area (Å²) in [6, 6.07) is 5.77. The van der Waals surface area contributed by atoms with E-state index in [1.807, 2.05) is 13.0 Å². The van der Waals surface area contributed by atoms with Crippen molar-refractivity contribution in [2.75, 3.05) is 19.6 Å². The quantitative estimate of drug-likeness (QED) is 0.919. The summed E-state index contributed by atoms with van der Waals surface area (Å²) in [5.74, 6) is -0.128. The third-order valence-corrected chi connectivity index (χ3v) is 5.44. The second-order valence-corrected chi connectivity index (χ2v) is 7.01. The van der Waals surface area contributed by atoms with Gasteiger partial charge in [-0.25, -0.2) is 4.39 Å². The number of aryl methyl sites for hydroxylation is 1. The number of rotatable bonds is 3. The van der Waals surface area contributed by atoms with Gasteiger partial charge in [0.15, 0.2) is 0 Å². The molecule has 2 aliphatic rings. The fraction of sp³-hybridized carbons (Fsp3) is 0.667. The molecule has 1 heterocycles.